The zero-order valence-corrected chi connectivity index (χ0v) is 24.4. The topological polar surface area (TPSA) is 50.1 Å². The van der Waals surface area contributed by atoms with Gasteiger partial charge in [0, 0.05) is 17.7 Å². The van der Waals surface area contributed by atoms with Crippen molar-refractivity contribution in [2.75, 3.05) is 0 Å². The largest absolute Gasteiger partial charge is 0.423 e. The van der Waals surface area contributed by atoms with Gasteiger partial charge < -0.3 is 4.74 Å². The number of unbranched alkanes of at least 4 members (excludes halogenated alkanes) is 2. The molecule has 1 saturated carbocycles. The van der Waals surface area contributed by atoms with Crippen molar-refractivity contribution in [2.45, 2.75) is 71.1 Å². The molecule has 3 nitrogen and oxygen atoms in total. The summed E-state index contributed by atoms with van der Waals surface area (Å²) in [5.41, 5.74) is -2.02. The Morgan fingerprint density at radius 1 is 0.795 bits per heavy atom. The summed E-state index contributed by atoms with van der Waals surface area (Å²) >= 11 is 0. The van der Waals surface area contributed by atoms with Gasteiger partial charge in [-0.15, -0.1) is 0 Å². The molecule has 232 valence electrons. The molecule has 0 bridgehead atoms. The van der Waals surface area contributed by atoms with Crippen LogP contribution in [0, 0.1) is 58.1 Å². The maximum Gasteiger partial charge on any atom is 0.349 e. The van der Waals surface area contributed by atoms with Crippen LogP contribution in [0.5, 0.6) is 5.75 Å². The molecule has 0 aromatic heterocycles. The van der Waals surface area contributed by atoms with Gasteiger partial charge in [-0.1, -0.05) is 64.4 Å². The molecule has 0 N–H and O–H groups in total. The van der Waals surface area contributed by atoms with Crippen LogP contribution in [0.2, 0.25) is 0 Å². The van der Waals surface area contributed by atoms with E-state index in [1.54, 1.807) is 0 Å². The first kappa shape index (κ1) is 32.8. The first-order valence-corrected chi connectivity index (χ1v) is 14.9. The van der Waals surface area contributed by atoms with Crippen LogP contribution in [0.3, 0.4) is 0 Å². The molecule has 0 aliphatic heterocycles. The van der Waals surface area contributed by atoms with Gasteiger partial charge >= 0.3 is 5.97 Å². The quantitative estimate of drug-likeness (QED) is 0.0711. The van der Waals surface area contributed by atoms with Crippen LogP contribution in [0.15, 0.2) is 36.4 Å². The third-order valence-electron chi connectivity index (χ3n) is 8.21. The van der Waals surface area contributed by atoms with Crippen molar-refractivity contribution in [3.63, 3.8) is 0 Å². The van der Waals surface area contributed by atoms with E-state index in [2.05, 4.69) is 6.92 Å². The lowest BCUT2D eigenvalue weighted by Crippen LogP contribution is -2.15. The van der Waals surface area contributed by atoms with Gasteiger partial charge in [-0.05, 0) is 66.1 Å². The third-order valence-corrected chi connectivity index (χ3v) is 8.21. The Morgan fingerprint density at radius 2 is 1.36 bits per heavy atom. The minimum atomic E-state index is -1.58. The van der Waals surface area contributed by atoms with Crippen molar-refractivity contribution in [2.24, 2.45) is 11.8 Å². The molecule has 0 saturated heterocycles. The molecule has 1 fully saturated rings. The second-order valence-corrected chi connectivity index (χ2v) is 11.4. The van der Waals surface area contributed by atoms with E-state index in [1.807, 2.05) is 0 Å². The lowest BCUT2D eigenvalue weighted by molar-refractivity contribution is 0.0723. The molecule has 3 aromatic rings. The molecule has 3 aromatic carbocycles. The minimum absolute atomic E-state index is 0.139. The first-order valence-electron chi connectivity index (χ1n) is 14.9. The zero-order valence-electron chi connectivity index (χ0n) is 24.4. The van der Waals surface area contributed by atoms with Crippen LogP contribution in [0.25, 0.3) is 12.2 Å². The Labute approximate surface area is 253 Å². The van der Waals surface area contributed by atoms with Crippen LogP contribution in [-0.4, -0.2) is 5.97 Å². The van der Waals surface area contributed by atoms with E-state index in [4.69, 9.17) is 10.00 Å². The SMILES string of the molecule is CCCCCC1CCC(CCc2cc(F)c(C=Cc3cc(F)c(C(=O)Oc4cc(F)c(C#N)c(F)c4)c(F)c3)c(F)c2)CC1. The number of rotatable bonds is 11. The Balaban J connectivity index is 1.38. The van der Waals surface area contributed by atoms with Crippen molar-refractivity contribution < 1.29 is 35.9 Å². The Morgan fingerprint density at radius 3 is 1.91 bits per heavy atom. The van der Waals surface area contributed by atoms with Gasteiger partial charge in [-0.2, -0.15) is 5.26 Å². The van der Waals surface area contributed by atoms with Gasteiger partial charge in [0.2, 0.25) is 0 Å². The van der Waals surface area contributed by atoms with Gasteiger partial charge in [0.1, 0.15) is 57.8 Å². The lowest BCUT2D eigenvalue weighted by atomic mass is 9.78. The van der Waals surface area contributed by atoms with Crippen molar-refractivity contribution >= 4 is 18.1 Å². The van der Waals surface area contributed by atoms with Crippen molar-refractivity contribution in [3.8, 4) is 11.8 Å². The van der Waals surface area contributed by atoms with Crippen LogP contribution in [-0.2, 0) is 6.42 Å². The average Bonchev–Trinajstić information content (AvgIpc) is 2.96. The number of nitrogens with zero attached hydrogens (tertiary/aromatic N) is 1. The molecule has 0 amide bonds. The summed E-state index contributed by atoms with van der Waals surface area (Å²) in [5.74, 6) is -7.93. The summed E-state index contributed by atoms with van der Waals surface area (Å²) in [4.78, 5) is 12.3. The fourth-order valence-corrected chi connectivity index (χ4v) is 5.74. The van der Waals surface area contributed by atoms with Crippen LogP contribution in [0.4, 0.5) is 26.3 Å². The van der Waals surface area contributed by atoms with E-state index >= 15 is 0 Å². The number of ether oxygens (including phenoxy) is 1. The summed E-state index contributed by atoms with van der Waals surface area (Å²) < 4.78 is 91.3. The second-order valence-electron chi connectivity index (χ2n) is 11.4. The first-order chi connectivity index (χ1) is 21.1. The van der Waals surface area contributed by atoms with E-state index in [9.17, 15) is 31.1 Å². The molecule has 44 heavy (non-hydrogen) atoms. The van der Waals surface area contributed by atoms with E-state index in [1.165, 1.54) is 56.7 Å². The molecule has 9 heteroatoms. The number of benzene rings is 3. The number of carbonyl (C=O) groups excluding carboxylic acids is 1. The zero-order chi connectivity index (χ0) is 31.8. The molecule has 0 heterocycles. The predicted molar refractivity (Wildman–Crippen MR) is 156 cm³/mol. The third kappa shape index (κ3) is 8.31. The smallest absolute Gasteiger partial charge is 0.349 e. The Kier molecular flexibility index (Phi) is 11.3. The summed E-state index contributed by atoms with van der Waals surface area (Å²) in [7, 11) is 0. The molecule has 0 spiro atoms. The highest BCUT2D eigenvalue weighted by atomic mass is 19.2. The van der Waals surface area contributed by atoms with Gasteiger partial charge in [0.15, 0.2) is 0 Å². The predicted octanol–water partition coefficient (Wildman–Crippen LogP) is 10.1. The van der Waals surface area contributed by atoms with Crippen molar-refractivity contribution in [3.05, 3.63) is 99.1 Å². The maximum atomic E-state index is 14.8. The summed E-state index contributed by atoms with van der Waals surface area (Å²) in [6.07, 6.45) is 13.3. The van der Waals surface area contributed by atoms with Gasteiger partial charge in [-0.25, -0.2) is 31.1 Å². The monoisotopic (exact) mass is 613 g/mol. The lowest BCUT2D eigenvalue weighted by Gasteiger charge is -2.28. The number of aryl methyl sites for hydroxylation is 1. The van der Waals surface area contributed by atoms with E-state index in [0.29, 0.717) is 30.0 Å². The molecule has 4 rings (SSSR count). The molecule has 1 aliphatic rings. The number of hydrogen-bond acceptors (Lipinski definition) is 3. The fraction of sp³-hybridized carbons (Fsp3) is 0.371. The van der Waals surface area contributed by atoms with Gasteiger partial charge in [0.25, 0.3) is 0 Å². The van der Waals surface area contributed by atoms with Gasteiger partial charge in [-0.3, -0.25) is 0 Å². The number of nitriles is 1. The van der Waals surface area contributed by atoms with Gasteiger partial charge in [0.05, 0.1) is 0 Å². The molecule has 0 unspecified atom stereocenters. The standard InChI is InChI=1S/C35H33F6NO2/c1-2-3-4-5-21-6-8-22(9-7-21)10-11-23-14-28(36)26(29(37)15-23)13-12-24-16-32(40)34(33(41)17-24)35(43)44-25-18-30(38)27(20-42)31(39)19-25/h12-19,21-22H,2-11H2,1H3. The Bertz CT molecular complexity index is 1500. The highest BCUT2D eigenvalue weighted by Crippen LogP contribution is 2.34. The average molecular weight is 614 g/mol. The van der Waals surface area contributed by atoms with Crippen LogP contribution in [0.1, 0.15) is 97.3 Å². The van der Waals surface area contributed by atoms with Crippen LogP contribution < -0.4 is 4.74 Å². The summed E-state index contributed by atoms with van der Waals surface area (Å²) in [5, 5.41) is 8.72. The molecular formula is C35H33F6NO2. The highest BCUT2D eigenvalue weighted by molar-refractivity contribution is 5.92. The molecule has 1 aliphatic carbocycles. The molecule has 0 radical (unpaired) electrons. The highest BCUT2D eigenvalue weighted by Gasteiger charge is 2.23. The number of esters is 1. The summed E-state index contributed by atoms with van der Waals surface area (Å²) in [6.45, 7) is 2.20. The molecule has 0 atom stereocenters. The second kappa shape index (κ2) is 15.1. The maximum absolute atomic E-state index is 14.8. The van der Waals surface area contributed by atoms with Crippen molar-refractivity contribution in [1.82, 2.24) is 0 Å². The number of carbonyl (C=O) groups is 1. The van der Waals surface area contributed by atoms with E-state index in [-0.39, 0.29) is 11.1 Å². The van der Waals surface area contributed by atoms with E-state index in [0.717, 1.165) is 49.5 Å². The van der Waals surface area contributed by atoms with E-state index < -0.39 is 57.7 Å². The van der Waals surface area contributed by atoms with Crippen LogP contribution >= 0.6 is 0 Å². The number of hydrogen-bond donors (Lipinski definition) is 0. The minimum Gasteiger partial charge on any atom is -0.423 e. The molecular weight excluding hydrogens is 580 g/mol. The normalized spacial score (nSPS) is 16.7. The fourth-order valence-electron chi connectivity index (χ4n) is 5.74. The van der Waals surface area contributed by atoms with Crippen molar-refractivity contribution in [1.29, 1.82) is 5.26 Å². The number of halogens is 6. The summed E-state index contributed by atoms with van der Waals surface area (Å²) in [6, 6.07) is 6.39. The Hall–Kier alpha value is -4.06.